The Morgan fingerprint density at radius 3 is 2.85 bits per heavy atom. The van der Waals surface area contributed by atoms with Crippen molar-refractivity contribution >= 4 is 44.7 Å². The van der Waals surface area contributed by atoms with Gasteiger partial charge in [-0.3, -0.25) is 4.79 Å². The van der Waals surface area contributed by atoms with E-state index in [9.17, 15) is 4.79 Å². The summed E-state index contributed by atoms with van der Waals surface area (Å²) in [5.41, 5.74) is 3.39. The van der Waals surface area contributed by atoms with Crippen LogP contribution in [-0.2, 0) is 18.6 Å². The van der Waals surface area contributed by atoms with E-state index in [0.29, 0.717) is 10.9 Å². The van der Waals surface area contributed by atoms with E-state index in [1.807, 2.05) is 18.2 Å². The van der Waals surface area contributed by atoms with Crippen molar-refractivity contribution in [3.8, 4) is 10.6 Å². The van der Waals surface area contributed by atoms with E-state index in [4.69, 9.17) is 9.97 Å². The van der Waals surface area contributed by atoms with E-state index < -0.39 is 0 Å². The fraction of sp³-hybridized carbons (Fsp3) is 0.250. The number of aromatic nitrogens is 3. The average Bonchev–Trinajstić information content (AvgIpc) is 3.31. The molecule has 7 heteroatoms. The molecule has 0 aliphatic heterocycles. The van der Waals surface area contributed by atoms with E-state index in [2.05, 4.69) is 22.5 Å². The minimum absolute atomic E-state index is 0.00477. The summed E-state index contributed by atoms with van der Waals surface area (Å²) >= 11 is 4.88. The summed E-state index contributed by atoms with van der Waals surface area (Å²) in [5, 5.41) is 4.60. The van der Waals surface area contributed by atoms with Gasteiger partial charge in [0, 0.05) is 21.6 Å². The maximum Gasteiger partial charge on any atom is 0.260 e. The Morgan fingerprint density at radius 1 is 1.11 bits per heavy atom. The number of H-pyrrole nitrogens is 1. The first-order valence-electron chi connectivity index (χ1n) is 8.95. The van der Waals surface area contributed by atoms with E-state index in [1.165, 1.54) is 23.3 Å². The van der Waals surface area contributed by atoms with E-state index in [1.54, 1.807) is 34.4 Å². The summed E-state index contributed by atoms with van der Waals surface area (Å²) in [6.07, 6.45) is 4.47. The second kappa shape index (κ2) is 7.22. The van der Waals surface area contributed by atoms with Gasteiger partial charge in [0.25, 0.3) is 5.56 Å². The van der Waals surface area contributed by atoms with Crippen LogP contribution in [0.4, 0.5) is 0 Å². The minimum Gasteiger partial charge on any atom is -0.301 e. The first-order valence-corrected chi connectivity index (χ1v) is 11.6. The van der Waals surface area contributed by atoms with Crippen LogP contribution in [0, 0.1) is 0 Å². The molecule has 4 nitrogen and oxygen atoms in total. The van der Waals surface area contributed by atoms with Gasteiger partial charge in [0.05, 0.1) is 11.1 Å². The van der Waals surface area contributed by atoms with Crippen LogP contribution in [0.15, 0.2) is 45.7 Å². The number of benzene rings is 1. The molecule has 0 fully saturated rings. The number of fused-ring (bicyclic) bond motifs is 3. The number of aromatic amines is 1. The van der Waals surface area contributed by atoms with E-state index >= 15 is 0 Å². The van der Waals surface area contributed by atoms with Gasteiger partial charge in [0.2, 0.25) is 0 Å². The third-order valence-electron chi connectivity index (χ3n) is 4.73. The summed E-state index contributed by atoms with van der Waals surface area (Å²) in [6, 6.07) is 10.2. The maximum absolute atomic E-state index is 12.6. The van der Waals surface area contributed by atoms with Gasteiger partial charge < -0.3 is 4.98 Å². The zero-order chi connectivity index (χ0) is 18.2. The highest BCUT2D eigenvalue weighted by molar-refractivity contribution is 7.98. The van der Waals surface area contributed by atoms with Gasteiger partial charge in [-0.1, -0.05) is 42.1 Å². The van der Waals surface area contributed by atoms with Crippen LogP contribution in [0.2, 0.25) is 0 Å². The molecule has 0 amide bonds. The largest absolute Gasteiger partial charge is 0.301 e. The molecular formula is C20H17N3OS3. The molecule has 1 aliphatic carbocycles. The molecule has 1 aromatic carbocycles. The molecule has 0 bridgehead atoms. The molecule has 3 aromatic heterocycles. The molecule has 1 aliphatic rings. The summed E-state index contributed by atoms with van der Waals surface area (Å²) in [6.45, 7) is 0. The van der Waals surface area contributed by atoms with Crippen molar-refractivity contribution in [1.82, 2.24) is 15.0 Å². The lowest BCUT2D eigenvalue weighted by molar-refractivity contribution is 0.700. The topological polar surface area (TPSA) is 58.6 Å². The first kappa shape index (κ1) is 17.2. The second-order valence-electron chi connectivity index (χ2n) is 6.56. The first-order chi connectivity index (χ1) is 13.3. The molecule has 0 radical (unpaired) electrons. The molecule has 0 saturated heterocycles. The Bertz CT molecular complexity index is 1160. The van der Waals surface area contributed by atoms with Gasteiger partial charge in [0.1, 0.15) is 9.84 Å². The number of rotatable bonds is 4. The Balaban J connectivity index is 1.38. The quantitative estimate of drug-likeness (QED) is 0.367. The van der Waals surface area contributed by atoms with E-state index in [-0.39, 0.29) is 5.56 Å². The molecule has 3 heterocycles. The van der Waals surface area contributed by atoms with Crippen molar-refractivity contribution in [3.63, 3.8) is 0 Å². The van der Waals surface area contributed by atoms with Crippen LogP contribution in [0.1, 0.15) is 29.0 Å². The molecule has 136 valence electrons. The Morgan fingerprint density at radius 2 is 1.96 bits per heavy atom. The summed E-state index contributed by atoms with van der Waals surface area (Å²) in [5.74, 6) is 0.697. The van der Waals surface area contributed by atoms with Gasteiger partial charge in [-0.25, -0.2) is 9.97 Å². The molecule has 0 unspecified atom stereocenters. The van der Waals surface area contributed by atoms with Gasteiger partial charge >= 0.3 is 0 Å². The Hall–Kier alpha value is -1.96. The number of thiazole rings is 1. The smallest absolute Gasteiger partial charge is 0.260 e. The van der Waals surface area contributed by atoms with Crippen LogP contribution in [-0.4, -0.2) is 15.0 Å². The van der Waals surface area contributed by atoms with Crippen LogP contribution >= 0.6 is 34.4 Å². The van der Waals surface area contributed by atoms with E-state index in [0.717, 1.165) is 39.3 Å². The lowest BCUT2D eigenvalue weighted by Crippen LogP contribution is -2.10. The highest BCUT2D eigenvalue weighted by Crippen LogP contribution is 2.34. The molecule has 0 atom stereocenters. The number of nitrogens with one attached hydrogen (secondary N) is 1. The van der Waals surface area contributed by atoms with Crippen molar-refractivity contribution < 1.29 is 0 Å². The van der Waals surface area contributed by atoms with Crippen LogP contribution in [0.3, 0.4) is 0 Å². The number of thiophene rings is 1. The number of thioether (sulfide) groups is 1. The second-order valence-corrected chi connectivity index (χ2v) is 9.47. The van der Waals surface area contributed by atoms with Crippen molar-refractivity contribution in [3.05, 3.63) is 62.2 Å². The standard InChI is InChI=1S/C20H17N3OS3/c24-17-16-14-8-4-5-9-15(14)27-19(16)23-20(22-17)26-11-13-10-25-18(21-13)12-6-2-1-3-7-12/h1-3,6-7,10H,4-5,8-9,11H2,(H,22,23,24). The third kappa shape index (κ3) is 3.35. The molecular weight excluding hydrogens is 394 g/mol. The van der Waals surface area contributed by atoms with Gasteiger partial charge in [-0.05, 0) is 31.2 Å². The fourth-order valence-electron chi connectivity index (χ4n) is 3.44. The summed E-state index contributed by atoms with van der Waals surface area (Å²) in [7, 11) is 0. The fourth-order valence-corrected chi connectivity index (χ4v) is 6.45. The van der Waals surface area contributed by atoms with Crippen molar-refractivity contribution in [2.75, 3.05) is 0 Å². The van der Waals surface area contributed by atoms with Crippen LogP contribution in [0.5, 0.6) is 0 Å². The van der Waals surface area contributed by atoms with Gasteiger partial charge in [-0.2, -0.15) is 0 Å². The van der Waals surface area contributed by atoms with Crippen molar-refractivity contribution in [2.45, 2.75) is 36.6 Å². The summed E-state index contributed by atoms with van der Waals surface area (Å²) < 4.78 is 0. The zero-order valence-electron chi connectivity index (χ0n) is 14.5. The highest BCUT2D eigenvalue weighted by Gasteiger charge is 2.20. The molecule has 0 saturated carbocycles. The number of hydrogen-bond acceptors (Lipinski definition) is 6. The Kier molecular flexibility index (Phi) is 4.59. The number of nitrogens with zero attached hydrogens (tertiary/aromatic N) is 2. The molecule has 1 N–H and O–H groups in total. The maximum atomic E-state index is 12.6. The zero-order valence-corrected chi connectivity index (χ0v) is 17.0. The lowest BCUT2D eigenvalue weighted by Gasteiger charge is -2.09. The molecule has 5 rings (SSSR count). The number of hydrogen-bond donors (Lipinski definition) is 1. The van der Waals surface area contributed by atoms with Gasteiger partial charge in [0.15, 0.2) is 5.16 Å². The van der Waals surface area contributed by atoms with Crippen LogP contribution in [0.25, 0.3) is 20.8 Å². The minimum atomic E-state index is 0.00477. The molecule has 4 aromatic rings. The highest BCUT2D eigenvalue weighted by atomic mass is 32.2. The monoisotopic (exact) mass is 411 g/mol. The SMILES string of the molecule is O=c1[nH]c(SCc2csc(-c3ccccc3)n2)nc2sc3c(c12)CCCC3. The molecule has 0 spiro atoms. The number of aryl methyl sites for hydroxylation is 2. The Labute approximate surface area is 168 Å². The van der Waals surface area contributed by atoms with Crippen LogP contribution < -0.4 is 5.56 Å². The predicted molar refractivity (Wildman–Crippen MR) is 114 cm³/mol. The summed E-state index contributed by atoms with van der Waals surface area (Å²) in [4.78, 5) is 27.3. The van der Waals surface area contributed by atoms with Crippen molar-refractivity contribution in [2.24, 2.45) is 0 Å². The lowest BCUT2D eigenvalue weighted by atomic mass is 9.97. The predicted octanol–water partition coefficient (Wildman–Crippen LogP) is 5.28. The molecule has 27 heavy (non-hydrogen) atoms. The third-order valence-corrected chi connectivity index (χ3v) is 7.77. The normalized spacial score (nSPS) is 13.8. The van der Waals surface area contributed by atoms with Crippen molar-refractivity contribution in [1.29, 1.82) is 0 Å². The van der Waals surface area contributed by atoms with Gasteiger partial charge in [-0.15, -0.1) is 22.7 Å². The average molecular weight is 412 g/mol.